The minimum atomic E-state index is -0.562. The third-order valence-electron chi connectivity index (χ3n) is 3.56. The fraction of sp³-hybridized carbons (Fsp3) is 0.316. The lowest BCUT2D eigenvalue weighted by atomic mass is 10.1. The van der Waals surface area contributed by atoms with E-state index in [0.717, 1.165) is 16.9 Å². The summed E-state index contributed by atoms with van der Waals surface area (Å²) in [5.74, 6) is 0.594. The van der Waals surface area contributed by atoms with Crippen molar-refractivity contribution in [3.8, 4) is 5.75 Å². The van der Waals surface area contributed by atoms with Gasteiger partial charge in [0.05, 0.1) is 12.6 Å². The molecule has 0 saturated carbocycles. The quantitative estimate of drug-likeness (QED) is 0.690. The van der Waals surface area contributed by atoms with E-state index in [2.05, 4.69) is 5.32 Å². The normalized spacial score (nSPS) is 11.8. The van der Waals surface area contributed by atoms with Gasteiger partial charge >= 0.3 is 0 Å². The number of methoxy groups -OCH3 is 1. The number of rotatable bonds is 9. The van der Waals surface area contributed by atoms with Crippen molar-refractivity contribution in [2.24, 2.45) is 5.73 Å². The van der Waals surface area contributed by atoms with Gasteiger partial charge in [0.2, 0.25) is 5.91 Å². The van der Waals surface area contributed by atoms with Crippen LogP contribution in [0.1, 0.15) is 11.1 Å². The summed E-state index contributed by atoms with van der Waals surface area (Å²) in [5, 5.41) is 2.87. The maximum Gasteiger partial charge on any atom is 0.237 e. The summed E-state index contributed by atoms with van der Waals surface area (Å²) in [4.78, 5) is 12.1. The summed E-state index contributed by atoms with van der Waals surface area (Å²) >= 11 is 0. The first kappa shape index (κ1) is 18.0. The molecule has 5 nitrogen and oxygen atoms in total. The van der Waals surface area contributed by atoms with E-state index in [9.17, 15) is 4.79 Å². The van der Waals surface area contributed by atoms with Crippen LogP contribution < -0.4 is 15.8 Å². The lowest BCUT2D eigenvalue weighted by molar-refractivity contribution is -0.122. The minimum Gasteiger partial charge on any atom is -0.491 e. The zero-order valence-electron chi connectivity index (χ0n) is 13.9. The van der Waals surface area contributed by atoms with Crippen molar-refractivity contribution in [3.63, 3.8) is 0 Å². The molecule has 1 atom stereocenters. The van der Waals surface area contributed by atoms with Crippen LogP contribution in [-0.4, -0.2) is 32.3 Å². The second-order valence-corrected chi connectivity index (χ2v) is 5.50. The van der Waals surface area contributed by atoms with Crippen molar-refractivity contribution in [2.75, 3.05) is 20.3 Å². The Hall–Kier alpha value is -2.37. The highest BCUT2D eigenvalue weighted by Gasteiger charge is 2.13. The van der Waals surface area contributed by atoms with Crippen molar-refractivity contribution in [1.82, 2.24) is 5.32 Å². The summed E-state index contributed by atoms with van der Waals surface area (Å²) in [6.45, 7) is 1.45. The number of amides is 1. The molecular formula is C19H24N2O3. The van der Waals surface area contributed by atoms with Gasteiger partial charge in [-0.25, -0.2) is 0 Å². The first-order chi connectivity index (χ1) is 11.7. The standard InChI is InChI=1S/C19H24N2O3/c1-23-10-11-24-17-9-5-8-16(12-17)14-21-19(22)18(20)13-15-6-3-2-4-7-15/h2-9,12,18H,10-11,13-14,20H2,1H3,(H,21,22)/t18-/m0/s1. The molecule has 128 valence electrons. The first-order valence-electron chi connectivity index (χ1n) is 7.97. The molecule has 0 aliphatic carbocycles. The Bertz CT molecular complexity index is 632. The number of nitrogens with two attached hydrogens (primary N) is 1. The van der Waals surface area contributed by atoms with Crippen LogP contribution in [0.15, 0.2) is 54.6 Å². The third kappa shape index (κ3) is 6.02. The fourth-order valence-corrected chi connectivity index (χ4v) is 2.27. The van der Waals surface area contributed by atoms with Gasteiger partial charge in [-0.2, -0.15) is 0 Å². The van der Waals surface area contributed by atoms with Crippen LogP contribution in [0.3, 0.4) is 0 Å². The number of benzene rings is 2. The Balaban J connectivity index is 1.81. The first-order valence-corrected chi connectivity index (χ1v) is 7.97. The largest absolute Gasteiger partial charge is 0.491 e. The summed E-state index contributed by atoms with van der Waals surface area (Å²) < 4.78 is 10.5. The van der Waals surface area contributed by atoms with Crippen LogP contribution in [0.5, 0.6) is 5.75 Å². The van der Waals surface area contributed by atoms with Gasteiger partial charge in [-0.15, -0.1) is 0 Å². The maximum atomic E-state index is 12.1. The van der Waals surface area contributed by atoms with Crippen LogP contribution in [0.25, 0.3) is 0 Å². The molecule has 0 fully saturated rings. The molecule has 0 bridgehead atoms. The van der Waals surface area contributed by atoms with E-state index in [0.29, 0.717) is 26.2 Å². The highest BCUT2D eigenvalue weighted by atomic mass is 16.5. The van der Waals surface area contributed by atoms with Crippen LogP contribution in [0, 0.1) is 0 Å². The van der Waals surface area contributed by atoms with E-state index < -0.39 is 6.04 Å². The van der Waals surface area contributed by atoms with Gasteiger partial charge in [0.1, 0.15) is 12.4 Å². The molecule has 0 radical (unpaired) electrons. The zero-order chi connectivity index (χ0) is 17.2. The van der Waals surface area contributed by atoms with E-state index in [1.807, 2.05) is 54.6 Å². The van der Waals surface area contributed by atoms with Gasteiger partial charge in [-0.1, -0.05) is 42.5 Å². The van der Waals surface area contributed by atoms with Crippen LogP contribution in [0.4, 0.5) is 0 Å². The Morgan fingerprint density at radius 2 is 1.83 bits per heavy atom. The predicted molar refractivity (Wildman–Crippen MR) is 93.8 cm³/mol. The van der Waals surface area contributed by atoms with Crippen molar-refractivity contribution in [1.29, 1.82) is 0 Å². The maximum absolute atomic E-state index is 12.1. The predicted octanol–water partition coefficient (Wildman–Crippen LogP) is 1.90. The smallest absolute Gasteiger partial charge is 0.237 e. The molecule has 3 N–H and O–H groups in total. The number of ether oxygens (including phenoxy) is 2. The third-order valence-corrected chi connectivity index (χ3v) is 3.56. The van der Waals surface area contributed by atoms with Crippen molar-refractivity contribution >= 4 is 5.91 Å². The molecule has 0 saturated heterocycles. The topological polar surface area (TPSA) is 73.6 Å². The summed E-state index contributed by atoms with van der Waals surface area (Å²) in [6.07, 6.45) is 0.521. The molecule has 5 heteroatoms. The zero-order valence-corrected chi connectivity index (χ0v) is 13.9. The lowest BCUT2D eigenvalue weighted by Crippen LogP contribution is -2.41. The summed E-state index contributed by atoms with van der Waals surface area (Å²) in [7, 11) is 1.63. The Morgan fingerprint density at radius 1 is 1.08 bits per heavy atom. The molecule has 0 aliphatic heterocycles. The van der Waals surface area contributed by atoms with E-state index in [4.69, 9.17) is 15.2 Å². The highest BCUT2D eigenvalue weighted by molar-refractivity contribution is 5.81. The van der Waals surface area contributed by atoms with E-state index in [1.165, 1.54) is 0 Å². The number of hydrogen-bond donors (Lipinski definition) is 2. The molecule has 2 rings (SSSR count). The molecule has 0 aromatic heterocycles. The molecule has 1 amide bonds. The summed E-state index contributed by atoms with van der Waals surface area (Å²) in [6, 6.07) is 16.8. The fourth-order valence-electron chi connectivity index (χ4n) is 2.27. The van der Waals surface area contributed by atoms with Gasteiger partial charge in [-0.3, -0.25) is 4.79 Å². The number of carbonyl (C=O) groups excluding carboxylic acids is 1. The highest BCUT2D eigenvalue weighted by Crippen LogP contribution is 2.13. The van der Waals surface area contributed by atoms with Crippen molar-refractivity contribution < 1.29 is 14.3 Å². The molecule has 24 heavy (non-hydrogen) atoms. The average molecular weight is 328 g/mol. The van der Waals surface area contributed by atoms with Crippen molar-refractivity contribution in [3.05, 3.63) is 65.7 Å². The molecule has 0 heterocycles. The Kier molecular flexibility index (Phi) is 7.26. The minimum absolute atomic E-state index is 0.162. The Morgan fingerprint density at radius 3 is 2.58 bits per heavy atom. The van der Waals surface area contributed by atoms with Crippen LogP contribution >= 0.6 is 0 Å². The van der Waals surface area contributed by atoms with E-state index >= 15 is 0 Å². The molecule has 2 aromatic carbocycles. The molecule has 0 aliphatic rings. The molecular weight excluding hydrogens is 304 g/mol. The SMILES string of the molecule is COCCOc1cccc(CNC(=O)[C@@H](N)Cc2ccccc2)c1. The second-order valence-electron chi connectivity index (χ2n) is 5.50. The second kappa shape index (κ2) is 9.70. The van der Waals surface area contributed by atoms with Crippen molar-refractivity contribution in [2.45, 2.75) is 19.0 Å². The van der Waals surface area contributed by atoms with Gasteiger partial charge in [0.15, 0.2) is 0 Å². The van der Waals surface area contributed by atoms with E-state index in [1.54, 1.807) is 7.11 Å². The van der Waals surface area contributed by atoms with E-state index in [-0.39, 0.29) is 5.91 Å². The number of carbonyl (C=O) groups is 1. The lowest BCUT2D eigenvalue weighted by Gasteiger charge is -2.13. The van der Waals surface area contributed by atoms with Gasteiger partial charge in [0, 0.05) is 13.7 Å². The van der Waals surface area contributed by atoms with Gasteiger partial charge in [0.25, 0.3) is 0 Å². The van der Waals surface area contributed by atoms with Gasteiger partial charge < -0.3 is 20.5 Å². The van der Waals surface area contributed by atoms with Crippen LogP contribution in [-0.2, 0) is 22.5 Å². The number of hydrogen-bond acceptors (Lipinski definition) is 4. The number of nitrogens with one attached hydrogen (secondary N) is 1. The van der Waals surface area contributed by atoms with Crippen LogP contribution in [0.2, 0.25) is 0 Å². The average Bonchev–Trinajstić information content (AvgIpc) is 2.61. The molecule has 0 unspecified atom stereocenters. The summed E-state index contributed by atoms with van der Waals surface area (Å²) in [5.41, 5.74) is 7.99. The molecule has 2 aromatic rings. The van der Waals surface area contributed by atoms with Gasteiger partial charge in [-0.05, 0) is 29.7 Å². The monoisotopic (exact) mass is 328 g/mol. The molecule has 0 spiro atoms. The Labute approximate surface area is 142 Å².